The van der Waals surface area contributed by atoms with Crippen LogP contribution in [0.4, 0.5) is 5.69 Å². The fraction of sp³-hybridized carbons (Fsp3) is 0.267. The minimum absolute atomic E-state index is 0.00759. The maximum atomic E-state index is 13.0. The van der Waals surface area contributed by atoms with Gasteiger partial charge in [-0.25, -0.2) is 4.98 Å². The number of hydrogen-bond acceptors (Lipinski definition) is 4. The molecule has 0 aliphatic rings. The number of fused-ring (bicyclic) bond motifs is 1. The molecule has 122 valence electrons. The number of halogens is 1. The van der Waals surface area contributed by atoms with Crippen LogP contribution in [0, 0.1) is 6.92 Å². The minimum atomic E-state index is -3.75. The monoisotopic (exact) mass is 413 g/mol. The first-order chi connectivity index (χ1) is 10.8. The fourth-order valence-electron chi connectivity index (χ4n) is 2.33. The van der Waals surface area contributed by atoms with E-state index in [1.807, 2.05) is 33.0 Å². The van der Waals surface area contributed by atoms with Crippen molar-refractivity contribution < 1.29 is 8.42 Å². The van der Waals surface area contributed by atoms with Crippen LogP contribution in [0.3, 0.4) is 0 Å². The molecule has 5 nitrogen and oxygen atoms in total. The predicted octanol–water partition coefficient (Wildman–Crippen LogP) is 4.39. The van der Waals surface area contributed by atoms with Crippen LogP contribution >= 0.6 is 27.3 Å². The first-order valence-electron chi connectivity index (χ1n) is 7.05. The second kappa shape index (κ2) is 5.92. The molecule has 3 rings (SSSR count). The Morgan fingerprint density at radius 3 is 2.65 bits per heavy atom. The summed E-state index contributed by atoms with van der Waals surface area (Å²) in [5, 5.41) is 0.211. The third-order valence-electron chi connectivity index (χ3n) is 3.34. The molecule has 0 bridgehead atoms. The van der Waals surface area contributed by atoms with Crippen molar-refractivity contribution in [2.24, 2.45) is 0 Å². The summed E-state index contributed by atoms with van der Waals surface area (Å²) in [5.74, 6) is 0.00759. The molecule has 8 heteroatoms. The molecule has 23 heavy (non-hydrogen) atoms. The first-order valence-corrected chi connectivity index (χ1v) is 10.1. The zero-order valence-corrected chi connectivity index (χ0v) is 16.1. The molecule has 0 fully saturated rings. The summed E-state index contributed by atoms with van der Waals surface area (Å²) >= 11 is 4.85. The molecule has 0 unspecified atom stereocenters. The molecule has 1 aromatic carbocycles. The van der Waals surface area contributed by atoms with E-state index in [0.29, 0.717) is 20.8 Å². The van der Waals surface area contributed by atoms with Gasteiger partial charge in [-0.3, -0.25) is 9.12 Å². The van der Waals surface area contributed by atoms with E-state index in [1.54, 1.807) is 22.6 Å². The van der Waals surface area contributed by atoms with Crippen molar-refractivity contribution in [3.05, 3.63) is 45.5 Å². The molecule has 0 radical (unpaired) electrons. The first kappa shape index (κ1) is 16.5. The van der Waals surface area contributed by atoms with E-state index < -0.39 is 10.0 Å². The number of thiazole rings is 1. The van der Waals surface area contributed by atoms with Crippen LogP contribution in [0.1, 0.15) is 30.3 Å². The van der Waals surface area contributed by atoms with Crippen LogP contribution < -0.4 is 4.72 Å². The van der Waals surface area contributed by atoms with Gasteiger partial charge < -0.3 is 0 Å². The largest absolute Gasteiger partial charge is 0.279 e. The molecule has 0 atom stereocenters. The number of nitrogens with one attached hydrogen (secondary N) is 1. The molecule has 2 aromatic heterocycles. The number of aryl methyl sites for hydroxylation is 1. The minimum Gasteiger partial charge on any atom is -0.279 e. The number of rotatable bonds is 4. The third-order valence-corrected chi connectivity index (χ3v) is 6.34. The maximum Gasteiger partial charge on any atom is 0.279 e. The number of imidazole rings is 1. The lowest BCUT2D eigenvalue weighted by Gasteiger charge is -2.11. The van der Waals surface area contributed by atoms with E-state index in [2.05, 4.69) is 25.6 Å². The highest BCUT2D eigenvalue weighted by Gasteiger charge is 2.28. The van der Waals surface area contributed by atoms with E-state index in [0.717, 1.165) is 4.88 Å². The number of aromatic nitrogens is 2. The average molecular weight is 414 g/mol. The summed E-state index contributed by atoms with van der Waals surface area (Å²) in [4.78, 5) is 6.22. The molecular weight excluding hydrogens is 398 g/mol. The molecule has 0 amide bonds. The Morgan fingerprint density at radius 2 is 2.00 bits per heavy atom. The lowest BCUT2D eigenvalue weighted by atomic mass is 10.2. The van der Waals surface area contributed by atoms with Crippen LogP contribution in [0.2, 0.25) is 0 Å². The van der Waals surface area contributed by atoms with Gasteiger partial charge in [-0.1, -0.05) is 26.0 Å². The number of sulfonamides is 1. The Balaban J connectivity index is 2.17. The van der Waals surface area contributed by atoms with E-state index in [4.69, 9.17) is 0 Å². The van der Waals surface area contributed by atoms with E-state index in [9.17, 15) is 8.42 Å². The summed E-state index contributed by atoms with van der Waals surface area (Å²) in [6.45, 7) is 5.82. The zero-order chi connectivity index (χ0) is 16.8. The van der Waals surface area contributed by atoms with Crippen LogP contribution in [0.25, 0.3) is 4.96 Å². The smallest absolute Gasteiger partial charge is 0.279 e. The molecule has 1 N–H and O–H groups in total. The Labute approximate surface area is 147 Å². The van der Waals surface area contributed by atoms with Gasteiger partial charge in [-0.05, 0) is 40.9 Å². The summed E-state index contributed by atoms with van der Waals surface area (Å²) in [5.41, 5.74) is 1.08. The quantitative estimate of drug-likeness (QED) is 0.689. The fourth-order valence-corrected chi connectivity index (χ4v) is 5.26. The van der Waals surface area contributed by atoms with Gasteiger partial charge in [-0.2, -0.15) is 8.42 Å². The molecule has 3 aromatic rings. The van der Waals surface area contributed by atoms with Crippen molar-refractivity contribution in [1.29, 1.82) is 0 Å². The van der Waals surface area contributed by atoms with Crippen LogP contribution in [-0.4, -0.2) is 17.8 Å². The SMILES string of the molecule is Cc1cn2c(S(=O)(=O)Nc3ccccc3Br)c(C(C)C)nc2s1. The molecule has 0 aliphatic carbocycles. The van der Waals surface area contributed by atoms with Crippen LogP contribution in [-0.2, 0) is 10.0 Å². The highest BCUT2D eigenvalue weighted by molar-refractivity contribution is 9.10. The molecule has 0 aliphatic heterocycles. The summed E-state index contributed by atoms with van der Waals surface area (Å²) < 4.78 is 31.0. The normalized spacial score (nSPS) is 12.2. The van der Waals surface area contributed by atoms with Gasteiger partial charge in [0.25, 0.3) is 10.0 Å². The Bertz CT molecular complexity index is 974. The van der Waals surface area contributed by atoms with Crippen molar-refractivity contribution >= 4 is 47.9 Å². The molecule has 0 saturated heterocycles. The van der Waals surface area contributed by atoms with E-state index in [-0.39, 0.29) is 10.9 Å². The van der Waals surface area contributed by atoms with Gasteiger partial charge in [0.2, 0.25) is 0 Å². The van der Waals surface area contributed by atoms with E-state index >= 15 is 0 Å². The molecular formula is C15H16BrN3O2S2. The number of anilines is 1. The third kappa shape index (κ3) is 3.02. The second-order valence-corrected chi connectivity index (χ2v) is 9.20. The van der Waals surface area contributed by atoms with Gasteiger partial charge in [0.05, 0.1) is 11.4 Å². The highest BCUT2D eigenvalue weighted by atomic mass is 79.9. The van der Waals surface area contributed by atoms with Crippen molar-refractivity contribution in [1.82, 2.24) is 9.38 Å². The van der Waals surface area contributed by atoms with E-state index in [1.165, 1.54) is 11.3 Å². The number of para-hydroxylation sites is 1. The second-order valence-electron chi connectivity index (χ2n) is 5.54. The van der Waals surface area contributed by atoms with Crippen LogP contribution in [0.5, 0.6) is 0 Å². The Morgan fingerprint density at radius 1 is 1.30 bits per heavy atom. The van der Waals surface area contributed by atoms with Gasteiger partial charge in [0, 0.05) is 15.5 Å². The van der Waals surface area contributed by atoms with Gasteiger partial charge in [0.15, 0.2) is 9.99 Å². The van der Waals surface area contributed by atoms with Gasteiger partial charge in [0.1, 0.15) is 0 Å². The molecule has 2 heterocycles. The summed E-state index contributed by atoms with van der Waals surface area (Å²) in [7, 11) is -3.75. The predicted molar refractivity (Wildman–Crippen MR) is 96.8 cm³/mol. The standard InChI is InChI=1S/C15H16BrN3O2S2/c1-9(2)13-14(19-8-10(3)22-15(19)17-13)23(20,21)18-12-7-5-4-6-11(12)16/h4-9,18H,1-3H3. The Kier molecular flexibility index (Phi) is 4.24. The molecule has 0 saturated carbocycles. The molecule has 0 spiro atoms. The van der Waals surface area contributed by atoms with Crippen molar-refractivity contribution in [2.75, 3.05) is 4.72 Å². The number of nitrogens with zero attached hydrogens (tertiary/aromatic N) is 2. The summed E-state index contributed by atoms with van der Waals surface area (Å²) in [6, 6.07) is 7.13. The van der Waals surface area contributed by atoms with Gasteiger partial charge >= 0.3 is 0 Å². The lowest BCUT2D eigenvalue weighted by molar-refractivity contribution is 0.593. The number of hydrogen-bond donors (Lipinski definition) is 1. The highest BCUT2D eigenvalue weighted by Crippen LogP contribution is 2.31. The Hall–Kier alpha value is -1.38. The zero-order valence-electron chi connectivity index (χ0n) is 12.9. The van der Waals surface area contributed by atoms with Crippen LogP contribution in [0.15, 0.2) is 40.0 Å². The van der Waals surface area contributed by atoms with Gasteiger partial charge in [-0.15, -0.1) is 11.3 Å². The van der Waals surface area contributed by atoms with Crippen molar-refractivity contribution in [3.63, 3.8) is 0 Å². The van der Waals surface area contributed by atoms with Crippen molar-refractivity contribution in [3.8, 4) is 0 Å². The lowest BCUT2D eigenvalue weighted by Crippen LogP contribution is -2.17. The summed E-state index contributed by atoms with van der Waals surface area (Å²) in [6.07, 6.45) is 1.81. The van der Waals surface area contributed by atoms with Crippen molar-refractivity contribution in [2.45, 2.75) is 31.7 Å². The maximum absolute atomic E-state index is 13.0. The average Bonchev–Trinajstić information content (AvgIpc) is 2.96. The topological polar surface area (TPSA) is 63.5 Å². The number of benzene rings is 1.